The van der Waals surface area contributed by atoms with Gasteiger partial charge in [0.1, 0.15) is 0 Å². The van der Waals surface area contributed by atoms with E-state index in [0.717, 1.165) is 20.9 Å². The quantitative estimate of drug-likeness (QED) is 0.894. The first-order chi connectivity index (χ1) is 10.1. The lowest BCUT2D eigenvalue weighted by atomic mass is 10.1. The van der Waals surface area contributed by atoms with Crippen LogP contribution >= 0.6 is 15.9 Å². The fourth-order valence-electron chi connectivity index (χ4n) is 3.43. The van der Waals surface area contributed by atoms with E-state index in [-0.39, 0.29) is 0 Å². The summed E-state index contributed by atoms with van der Waals surface area (Å²) >= 11 is 3.49. The first-order valence-corrected chi connectivity index (χ1v) is 7.96. The van der Waals surface area contributed by atoms with Gasteiger partial charge in [-0.05, 0) is 46.5 Å². The molecule has 5 heteroatoms. The highest BCUT2D eigenvalue weighted by Crippen LogP contribution is 2.79. The van der Waals surface area contributed by atoms with Crippen molar-refractivity contribution in [3.05, 3.63) is 40.5 Å². The molecule has 21 heavy (non-hydrogen) atoms. The van der Waals surface area contributed by atoms with E-state index in [9.17, 15) is 8.78 Å². The summed E-state index contributed by atoms with van der Waals surface area (Å²) in [5.74, 6) is -2.91. The summed E-state index contributed by atoms with van der Waals surface area (Å²) in [5, 5.41) is 4.26. The SMILES string of the molecule is FC1(F)C(CNCc2ccnc3c(Br)cccc23)C12CC2. The van der Waals surface area contributed by atoms with Crippen LogP contribution in [0.25, 0.3) is 10.9 Å². The molecule has 0 radical (unpaired) electrons. The normalized spacial score (nSPS) is 24.4. The molecule has 1 spiro atoms. The lowest BCUT2D eigenvalue weighted by Gasteiger charge is -2.08. The van der Waals surface area contributed by atoms with Gasteiger partial charge in [-0.2, -0.15) is 0 Å². The molecule has 2 fully saturated rings. The number of pyridine rings is 1. The van der Waals surface area contributed by atoms with E-state index in [2.05, 4.69) is 26.2 Å². The second-order valence-corrected chi connectivity index (χ2v) is 6.92. The molecule has 0 bridgehead atoms. The van der Waals surface area contributed by atoms with Crippen molar-refractivity contribution in [2.45, 2.75) is 25.3 Å². The van der Waals surface area contributed by atoms with Crippen molar-refractivity contribution in [3.63, 3.8) is 0 Å². The number of alkyl halides is 2. The van der Waals surface area contributed by atoms with Crippen LogP contribution in [0.15, 0.2) is 34.9 Å². The Morgan fingerprint density at radius 3 is 2.81 bits per heavy atom. The fraction of sp³-hybridized carbons (Fsp3) is 0.438. The first-order valence-electron chi connectivity index (χ1n) is 7.17. The molecule has 0 amide bonds. The van der Waals surface area contributed by atoms with E-state index in [0.29, 0.717) is 25.9 Å². The van der Waals surface area contributed by atoms with Crippen LogP contribution in [-0.2, 0) is 6.54 Å². The van der Waals surface area contributed by atoms with Gasteiger partial charge in [0.2, 0.25) is 0 Å². The summed E-state index contributed by atoms with van der Waals surface area (Å²) in [6, 6.07) is 7.87. The van der Waals surface area contributed by atoms with Crippen molar-refractivity contribution in [1.29, 1.82) is 0 Å². The Morgan fingerprint density at radius 1 is 1.29 bits per heavy atom. The second kappa shape index (κ2) is 4.46. The predicted octanol–water partition coefficient (Wildman–Crippen LogP) is 4.13. The highest BCUT2D eigenvalue weighted by molar-refractivity contribution is 9.10. The number of hydrogen-bond acceptors (Lipinski definition) is 2. The fourth-order valence-corrected chi connectivity index (χ4v) is 3.90. The summed E-state index contributed by atoms with van der Waals surface area (Å²) in [7, 11) is 0. The standard InChI is InChI=1S/C16H15BrF2N2/c17-12-3-1-2-11-10(4-7-21-14(11)12)8-20-9-13-15(5-6-15)16(13,18)19/h1-4,7,13,20H,5-6,8-9H2. The number of nitrogens with zero attached hydrogens (tertiary/aromatic N) is 1. The number of hydrogen-bond donors (Lipinski definition) is 1. The zero-order valence-electron chi connectivity index (χ0n) is 11.4. The summed E-state index contributed by atoms with van der Waals surface area (Å²) in [5.41, 5.74) is 1.37. The molecule has 1 N–H and O–H groups in total. The van der Waals surface area contributed by atoms with Crippen molar-refractivity contribution in [1.82, 2.24) is 10.3 Å². The number of fused-ring (bicyclic) bond motifs is 1. The summed E-state index contributed by atoms with van der Waals surface area (Å²) in [6.07, 6.45) is 3.15. The van der Waals surface area contributed by atoms with Crippen LogP contribution in [0.3, 0.4) is 0 Å². The Balaban J connectivity index is 1.47. The molecule has 0 saturated heterocycles. The molecular formula is C16H15BrF2N2. The smallest absolute Gasteiger partial charge is 0.258 e. The molecule has 2 aromatic rings. The van der Waals surface area contributed by atoms with E-state index >= 15 is 0 Å². The molecule has 110 valence electrons. The lowest BCUT2D eigenvalue weighted by molar-refractivity contribution is 0.0796. The number of rotatable bonds is 4. The van der Waals surface area contributed by atoms with Gasteiger partial charge in [-0.15, -0.1) is 0 Å². The first kappa shape index (κ1) is 13.6. The molecule has 1 heterocycles. The van der Waals surface area contributed by atoms with Gasteiger partial charge in [0.15, 0.2) is 0 Å². The van der Waals surface area contributed by atoms with Crippen molar-refractivity contribution < 1.29 is 8.78 Å². The van der Waals surface area contributed by atoms with Crippen molar-refractivity contribution in [2.75, 3.05) is 6.54 Å². The molecule has 1 atom stereocenters. The molecular weight excluding hydrogens is 338 g/mol. The Hall–Kier alpha value is -1.07. The van der Waals surface area contributed by atoms with Gasteiger partial charge in [0.05, 0.1) is 5.52 Å². The van der Waals surface area contributed by atoms with E-state index < -0.39 is 17.3 Å². The van der Waals surface area contributed by atoms with Crippen molar-refractivity contribution >= 4 is 26.8 Å². The van der Waals surface area contributed by atoms with Gasteiger partial charge in [0.25, 0.3) is 5.92 Å². The summed E-state index contributed by atoms with van der Waals surface area (Å²) in [6.45, 7) is 0.989. The predicted molar refractivity (Wildman–Crippen MR) is 81.3 cm³/mol. The Morgan fingerprint density at radius 2 is 2.10 bits per heavy atom. The number of aromatic nitrogens is 1. The maximum absolute atomic E-state index is 13.6. The maximum Gasteiger partial charge on any atom is 0.258 e. The van der Waals surface area contributed by atoms with Crippen LogP contribution < -0.4 is 5.32 Å². The highest BCUT2D eigenvalue weighted by atomic mass is 79.9. The molecule has 1 aromatic carbocycles. The summed E-state index contributed by atoms with van der Waals surface area (Å²) in [4.78, 5) is 4.36. The van der Waals surface area contributed by atoms with Gasteiger partial charge >= 0.3 is 0 Å². The molecule has 4 rings (SSSR count). The Bertz CT molecular complexity index is 708. The van der Waals surface area contributed by atoms with E-state index in [1.165, 1.54) is 0 Å². The molecule has 2 aliphatic carbocycles. The van der Waals surface area contributed by atoms with Crippen LogP contribution in [-0.4, -0.2) is 17.5 Å². The van der Waals surface area contributed by atoms with Gasteiger partial charge in [0, 0.05) is 40.5 Å². The third-order valence-corrected chi connectivity index (χ3v) is 5.59. The minimum absolute atomic E-state index is 0.394. The van der Waals surface area contributed by atoms with Gasteiger partial charge in [-0.1, -0.05) is 12.1 Å². The highest BCUT2D eigenvalue weighted by Gasteiger charge is 2.85. The molecule has 1 unspecified atom stereocenters. The van der Waals surface area contributed by atoms with Crippen molar-refractivity contribution in [3.8, 4) is 0 Å². The lowest BCUT2D eigenvalue weighted by Crippen LogP contribution is -2.19. The Kier molecular flexibility index (Phi) is 2.89. The summed E-state index contributed by atoms with van der Waals surface area (Å²) < 4.78 is 28.2. The Labute approximate surface area is 130 Å². The molecule has 1 aromatic heterocycles. The average Bonchev–Trinajstić information content (AvgIpc) is 3.33. The average molecular weight is 353 g/mol. The van der Waals surface area contributed by atoms with Crippen molar-refractivity contribution in [2.24, 2.45) is 11.3 Å². The zero-order valence-corrected chi connectivity index (χ0v) is 13.0. The minimum Gasteiger partial charge on any atom is -0.312 e. The number of benzene rings is 1. The van der Waals surface area contributed by atoms with Gasteiger partial charge in [-0.3, -0.25) is 4.98 Å². The minimum atomic E-state index is -2.44. The molecule has 2 saturated carbocycles. The van der Waals surface area contributed by atoms with Crippen LogP contribution in [0.4, 0.5) is 8.78 Å². The van der Waals surface area contributed by atoms with Crippen LogP contribution in [0.5, 0.6) is 0 Å². The number of halogens is 3. The third kappa shape index (κ3) is 1.94. The maximum atomic E-state index is 13.6. The molecule has 2 nitrogen and oxygen atoms in total. The molecule has 0 aliphatic heterocycles. The van der Waals surface area contributed by atoms with E-state index in [1.807, 2.05) is 24.3 Å². The van der Waals surface area contributed by atoms with E-state index in [4.69, 9.17) is 0 Å². The van der Waals surface area contributed by atoms with Crippen LogP contribution in [0, 0.1) is 11.3 Å². The van der Waals surface area contributed by atoms with Crippen LogP contribution in [0.2, 0.25) is 0 Å². The van der Waals surface area contributed by atoms with Gasteiger partial charge < -0.3 is 5.32 Å². The van der Waals surface area contributed by atoms with Crippen LogP contribution in [0.1, 0.15) is 18.4 Å². The largest absolute Gasteiger partial charge is 0.312 e. The number of para-hydroxylation sites is 1. The topological polar surface area (TPSA) is 24.9 Å². The molecule has 2 aliphatic rings. The van der Waals surface area contributed by atoms with E-state index in [1.54, 1.807) is 6.20 Å². The second-order valence-electron chi connectivity index (χ2n) is 6.07. The zero-order chi connectivity index (χ0) is 14.7. The monoisotopic (exact) mass is 352 g/mol. The number of nitrogens with one attached hydrogen (secondary N) is 1. The van der Waals surface area contributed by atoms with Gasteiger partial charge in [-0.25, -0.2) is 8.78 Å². The third-order valence-electron chi connectivity index (χ3n) is 4.95.